The molecule has 7 nitrogen and oxygen atoms in total. The molecule has 1 atom stereocenters. The molecule has 0 saturated carbocycles. The minimum absolute atomic E-state index is 0.100. The molecule has 2 aliphatic rings. The summed E-state index contributed by atoms with van der Waals surface area (Å²) in [4.78, 5) is 26.4. The maximum Gasteiger partial charge on any atom is 0.272 e. The van der Waals surface area contributed by atoms with Gasteiger partial charge >= 0.3 is 0 Å². The third-order valence-electron chi connectivity index (χ3n) is 4.51. The lowest BCUT2D eigenvalue weighted by Gasteiger charge is -2.32. The number of halogens is 1. The fourth-order valence-electron chi connectivity index (χ4n) is 3.23. The van der Waals surface area contributed by atoms with Crippen molar-refractivity contribution in [2.24, 2.45) is 0 Å². The first-order valence-electron chi connectivity index (χ1n) is 7.74. The van der Waals surface area contributed by atoms with E-state index in [2.05, 4.69) is 10.2 Å². The number of hydrogen-bond acceptors (Lipinski definition) is 5. The lowest BCUT2D eigenvalue weighted by Crippen LogP contribution is -2.49. The zero-order valence-electron chi connectivity index (χ0n) is 12.7. The predicted molar refractivity (Wildman–Crippen MR) is 81.8 cm³/mol. The fraction of sp³-hybridized carbons (Fsp3) is 0.533. The quantitative estimate of drug-likeness (QED) is 0.659. The van der Waals surface area contributed by atoms with Crippen LogP contribution in [0.4, 0.5) is 10.1 Å². The van der Waals surface area contributed by atoms with Crippen molar-refractivity contribution in [2.45, 2.75) is 12.5 Å². The summed E-state index contributed by atoms with van der Waals surface area (Å²) < 4.78 is 14.0. The monoisotopic (exact) mass is 322 g/mol. The highest BCUT2D eigenvalue weighted by Crippen LogP contribution is 2.22. The molecule has 0 aromatic heterocycles. The van der Waals surface area contributed by atoms with E-state index < -0.39 is 16.6 Å². The molecule has 1 aromatic rings. The number of nitrogens with one attached hydrogen (secondary N) is 1. The molecule has 23 heavy (non-hydrogen) atoms. The van der Waals surface area contributed by atoms with Crippen LogP contribution >= 0.6 is 0 Å². The van der Waals surface area contributed by atoms with Crippen LogP contribution in [0.3, 0.4) is 0 Å². The normalized spacial score (nSPS) is 22.3. The molecule has 2 aliphatic heterocycles. The Balaban J connectivity index is 1.68. The summed E-state index contributed by atoms with van der Waals surface area (Å²) >= 11 is 0. The van der Waals surface area contributed by atoms with Crippen molar-refractivity contribution in [3.8, 4) is 0 Å². The lowest BCUT2D eigenvalue weighted by atomic mass is 10.1. The predicted octanol–water partition coefficient (Wildman–Crippen LogP) is 0.854. The smallest absolute Gasteiger partial charge is 0.272 e. The number of carbonyl (C=O) groups is 1. The Morgan fingerprint density at radius 2 is 2.04 bits per heavy atom. The highest BCUT2D eigenvalue weighted by atomic mass is 19.1. The maximum atomic E-state index is 14.0. The number of amides is 1. The van der Waals surface area contributed by atoms with E-state index in [9.17, 15) is 19.3 Å². The van der Waals surface area contributed by atoms with Crippen LogP contribution in [0.25, 0.3) is 0 Å². The van der Waals surface area contributed by atoms with Gasteiger partial charge < -0.3 is 10.2 Å². The Hall–Kier alpha value is -2.06. The molecule has 124 valence electrons. The summed E-state index contributed by atoms with van der Waals surface area (Å²) in [5.74, 6) is -1.23. The second kappa shape index (κ2) is 6.59. The Bertz CT molecular complexity index is 619. The van der Waals surface area contributed by atoms with E-state index in [-0.39, 0.29) is 11.3 Å². The first kappa shape index (κ1) is 15.8. The molecule has 1 N–H and O–H groups in total. The molecular weight excluding hydrogens is 303 g/mol. The average molecular weight is 322 g/mol. The lowest BCUT2D eigenvalue weighted by molar-refractivity contribution is -0.385. The van der Waals surface area contributed by atoms with Gasteiger partial charge in [0.2, 0.25) is 0 Å². The third kappa shape index (κ3) is 3.32. The van der Waals surface area contributed by atoms with Crippen molar-refractivity contribution in [3.05, 3.63) is 39.7 Å². The first-order chi connectivity index (χ1) is 11.1. The second-order valence-electron chi connectivity index (χ2n) is 5.90. The van der Waals surface area contributed by atoms with Crippen molar-refractivity contribution in [1.29, 1.82) is 0 Å². The number of carbonyl (C=O) groups excluding carboxylic acids is 1. The molecule has 8 heteroatoms. The number of nitro benzene ring substituents is 1. The van der Waals surface area contributed by atoms with Crippen LogP contribution in [0.2, 0.25) is 0 Å². The van der Waals surface area contributed by atoms with Gasteiger partial charge in [0.05, 0.1) is 16.6 Å². The van der Waals surface area contributed by atoms with E-state index in [0.29, 0.717) is 19.1 Å². The van der Waals surface area contributed by atoms with E-state index in [1.807, 2.05) is 0 Å². The van der Waals surface area contributed by atoms with E-state index in [4.69, 9.17) is 0 Å². The minimum Gasteiger partial charge on any atom is -0.337 e. The van der Waals surface area contributed by atoms with Gasteiger partial charge in [0.1, 0.15) is 5.82 Å². The number of likely N-dealkylation sites (tertiary alicyclic amines) is 1. The number of nitrogens with zero attached hydrogens (tertiary/aromatic N) is 3. The molecule has 2 heterocycles. The van der Waals surface area contributed by atoms with Crippen LogP contribution < -0.4 is 5.32 Å². The van der Waals surface area contributed by atoms with Crippen LogP contribution in [-0.2, 0) is 0 Å². The van der Waals surface area contributed by atoms with E-state index in [1.165, 1.54) is 12.1 Å². The molecular formula is C15H19FN4O3. The molecule has 3 rings (SSSR count). The molecule has 0 radical (unpaired) electrons. The second-order valence-corrected chi connectivity index (χ2v) is 5.90. The first-order valence-corrected chi connectivity index (χ1v) is 7.74. The summed E-state index contributed by atoms with van der Waals surface area (Å²) in [6, 6.07) is 3.48. The number of non-ortho nitro benzene ring substituents is 1. The fourth-order valence-corrected chi connectivity index (χ4v) is 3.23. The molecule has 1 amide bonds. The van der Waals surface area contributed by atoms with Crippen molar-refractivity contribution >= 4 is 11.6 Å². The number of benzene rings is 1. The van der Waals surface area contributed by atoms with Crippen molar-refractivity contribution in [2.75, 3.05) is 39.3 Å². The maximum absolute atomic E-state index is 14.0. The standard InChI is InChI=1S/C15H19FN4O3/c16-14-9-11(20(22)23)1-2-13(14)15(21)19-6-3-12(10-19)18-7-4-17-5-8-18/h1-2,9,12,17H,3-8,10H2. The Morgan fingerprint density at radius 3 is 2.70 bits per heavy atom. The minimum atomic E-state index is -0.838. The van der Waals surface area contributed by atoms with Crippen molar-refractivity contribution in [1.82, 2.24) is 15.1 Å². The molecule has 1 unspecified atom stereocenters. The molecule has 0 aliphatic carbocycles. The van der Waals surface area contributed by atoms with Gasteiger partial charge in [-0.1, -0.05) is 0 Å². The Kier molecular flexibility index (Phi) is 4.53. The Labute approximate surface area is 133 Å². The summed E-state index contributed by atoms with van der Waals surface area (Å²) in [7, 11) is 0. The van der Waals surface area contributed by atoms with E-state index in [0.717, 1.165) is 38.7 Å². The number of rotatable bonds is 3. The zero-order chi connectivity index (χ0) is 16.4. The highest BCUT2D eigenvalue weighted by Gasteiger charge is 2.32. The summed E-state index contributed by atoms with van der Waals surface area (Å²) in [5.41, 5.74) is -0.448. The van der Waals surface area contributed by atoms with Gasteiger partial charge in [0.15, 0.2) is 0 Å². The van der Waals surface area contributed by atoms with Gasteiger partial charge in [-0.15, -0.1) is 0 Å². The van der Waals surface area contributed by atoms with Gasteiger partial charge in [-0.25, -0.2) is 4.39 Å². The average Bonchev–Trinajstić information content (AvgIpc) is 3.05. The number of piperazine rings is 1. The Morgan fingerprint density at radius 1 is 1.30 bits per heavy atom. The van der Waals surface area contributed by atoms with Gasteiger partial charge in [-0.3, -0.25) is 19.8 Å². The van der Waals surface area contributed by atoms with Crippen LogP contribution in [-0.4, -0.2) is 65.9 Å². The van der Waals surface area contributed by atoms with Crippen molar-refractivity contribution < 1.29 is 14.1 Å². The SMILES string of the molecule is O=C(c1ccc([N+](=O)[O-])cc1F)N1CCC(N2CCNCC2)C1. The molecule has 1 aromatic carbocycles. The molecule has 2 fully saturated rings. The summed E-state index contributed by atoms with van der Waals surface area (Å²) in [6.07, 6.45) is 0.875. The summed E-state index contributed by atoms with van der Waals surface area (Å²) in [6.45, 7) is 4.97. The number of hydrogen-bond donors (Lipinski definition) is 1. The van der Waals surface area contributed by atoms with Gasteiger partial charge in [0, 0.05) is 51.4 Å². The van der Waals surface area contributed by atoms with Crippen molar-refractivity contribution in [3.63, 3.8) is 0 Å². The van der Waals surface area contributed by atoms with Gasteiger partial charge in [-0.05, 0) is 12.5 Å². The topological polar surface area (TPSA) is 78.7 Å². The van der Waals surface area contributed by atoms with Gasteiger partial charge in [0.25, 0.3) is 11.6 Å². The third-order valence-corrected chi connectivity index (χ3v) is 4.51. The van der Waals surface area contributed by atoms with Gasteiger partial charge in [-0.2, -0.15) is 0 Å². The van der Waals surface area contributed by atoms with Crippen LogP contribution in [0.5, 0.6) is 0 Å². The van der Waals surface area contributed by atoms with E-state index in [1.54, 1.807) is 4.90 Å². The summed E-state index contributed by atoms with van der Waals surface area (Å²) in [5, 5.41) is 13.9. The highest BCUT2D eigenvalue weighted by molar-refractivity contribution is 5.95. The van der Waals surface area contributed by atoms with E-state index >= 15 is 0 Å². The molecule has 0 spiro atoms. The van der Waals surface area contributed by atoms with Crippen LogP contribution in [0, 0.1) is 15.9 Å². The molecule has 0 bridgehead atoms. The van der Waals surface area contributed by atoms with Crippen LogP contribution in [0.1, 0.15) is 16.8 Å². The number of nitro groups is 1. The largest absolute Gasteiger partial charge is 0.337 e. The van der Waals surface area contributed by atoms with Crippen LogP contribution in [0.15, 0.2) is 18.2 Å². The molecule has 2 saturated heterocycles. The zero-order valence-corrected chi connectivity index (χ0v) is 12.7.